The molecule has 1 aliphatic rings. The van der Waals surface area contributed by atoms with E-state index in [-0.39, 0.29) is 18.5 Å². The van der Waals surface area contributed by atoms with Crippen molar-refractivity contribution in [2.45, 2.75) is 0 Å². The molecule has 0 radical (unpaired) electrons. The summed E-state index contributed by atoms with van der Waals surface area (Å²) >= 11 is 5.83. The summed E-state index contributed by atoms with van der Waals surface area (Å²) in [5.74, 6) is -0.240. The van der Waals surface area contributed by atoms with E-state index in [1.54, 1.807) is 48.5 Å². The van der Waals surface area contributed by atoms with Crippen LogP contribution in [0.3, 0.4) is 0 Å². The molecule has 1 saturated heterocycles. The third kappa shape index (κ3) is 2.14. The van der Waals surface area contributed by atoms with Crippen molar-refractivity contribution in [1.29, 1.82) is 0 Å². The van der Waals surface area contributed by atoms with Crippen LogP contribution < -0.4 is 9.80 Å². The minimum absolute atomic E-state index is 0.0371. The lowest BCUT2D eigenvalue weighted by Crippen LogP contribution is -2.32. The number of urea groups is 1. The molecule has 0 bridgehead atoms. The van der Waals surface area contributed by atoms with Crippen molar-refractivity contribution in [3.05, 3.63) is 59.6 Å². The number of carbonyl (C=O) groups is 2. The third-order valence-corrected chi connectivity index (χ3v) is 3.37. The van der Waals surface area contributed by atoms with E-state index < -0.39 is 0 Å². The molecule has 4 nitrogen and oxygen atoms in total. The van der Waals surface area contributed by atoms with Crippen molar-refractivity contribution >= 4 is 34.9 Å². The lowest BCUT2D eigenvalue weighted by molar-refractivity contribution is -0.115. The van der Waals surface area contributed by atoms with Gasteiger partial charge in [0.05, 0.1) is 5.69 Å². The Bertz CT molecular complexity index is 655. The van der Waals surface area contributed by atoms with E-state index >= 15 is 0 Å². The van der Waals surface area contributed by atoms with Crippen LogP contribution in [-0.2, 0) is 4.79 Å². The zero-order chi connectivity index (χ0) is 14.1. The Balaban J connectivity index is 1.93. The van der Waals surface area contributed by atoms with Crippen LogP contribution in [0.1, 0.15) is 0 Å². The molecular weight excluding hydrogens is 276 g/mol. The SMILES string of the molecule is O=C1CN(c2ccc(Cl)cc2)C(=O)N1c1ccccc1. The van der Waals surface area contributed by atoms with Gasteiger partial charge in [-0.05, 0) is 36.4 Å². The maximum Gasteiger partial charge on any atom is 0.336 e. The molecule has 0 saturated carbocycles. The van der Waals surface area contributed by atoms with E-state index in [1.807, 2.05) is 6.07 Å². The van der Waals surface area contributed by atoms with Gasteiger partial charge in [0, 0.05) is 10.7 Å². The van der Waals surface area contributed by atoms with Crippen molar-refractivity contribution in [2.24, 2.45) is 0 Å². The Labute approximate surface area is 121 Å². The number of nitrogens with zero attached hydrogens (tertiary/aromatic N) is 2. The number of halogens is 1. The molecular formula is C15H11ClN2O2. The largest absolute Gasteiger partial charge is 0.336 e. The van der Waals surface area contributed by atoms with Crippen LogP contribution >= 0.6 is 11.6 Å². The summed E-state index contributed by atoms with van der Waals surface area (Å²) in [7, 11) is 0. The van der Waals surface area contributed by atoms with Gasteiger partial charge >= 0.3 is 6.03 Å². The fourth-order valence-electron chi connectivity index (χ4n) is 2.16. The van der Waals surface area contributed by atoms with Crippen molar-refractivity contribution in [1.82, 2.24) is 0 Å². The second kappa shape index (κ2) is 4.98. The minimum Gasteiger partial charge on any atom is -0.284 e. The van der Waals surface area contributed by atoms with E-state index in [4.69, 9.17) is 11.6 Å². The second-order valence-electron chi connectivity index (χ2n) is 4.41. The molecule has 20 heavy (non-hydrogen) atoms. The maximum absolute atomic E-state index is 12.4. The zero-order valence-corrected chi connectivity index (χ0v) is 11.2. The van der Waals surface area contributed by atoms with E-state index in [0.717, 1.165) is 0 Å². The topological polar surface area (TPSA) is 40.6 Å². The Morgan fingerprint density at radius 3 is 2.15 bits per heavy atom. The van der Waals surface area contributed by atoms with Gasteiger partial charge in [-0.3, -0.25) is 9.69 Å². The molecule has 0 spiro atoms. The van der Waals surface area contributed by atoms with Gasteiger partial charge in [-0.15, -0.1) is 0 Å². The highest BCUT2D eigenvalue weighted by atomic mass is 35.5. The van der Waals surface area contributed by atoms with Gasteiger partial charge in [0.25, 0.3) is 5.91 Å². The van der Waals surface area contributed by atoms with Gasteiger partial charge in [0.15, 0.2) is 0 Å². The van der Waals surface area contributed by atoms with Gasteiger partial charge in [-0.1, -0.05) is 29.8 Å². The van der Waals surface area contributed by atoms with Gasteiger partial charge in [-0.2, -0.15) is 0 Å². The Morgan fingerprint density at radius 2 is 1.50 bits per heavy atom. The summed E-state index contributed by atoms with van der Waals surface area (Å²) in [6, 6.07) is 15.4. The first-order valence-electron chi connectivity index (χ1n) is 6.12. The number of hydrogen-bond acceptors (Lipinski definition) is 2. The van der Waals surface area contributed by atoms with Gasteiger partial charge in [0.2, 0.25) is 0 Å². The van der Waals surface area contributed by atoms with E-state index in [2.05, 4.69) is 0 Å². The number of para-hydroxylation sites is 1. The fraction of sp³-hybridized carbons (Fsp3) is 0.0667. The predicted molar refractivity (Wildman–Crippen MR) is 78.1 cm³/mol. The highest BCUT2D eigenvalue weighted by molar-refractivity contribution is 6.31. The van der Waals surface area contributed by atoms with Crippen molar-refractivity contribution in [3.8, 4) is 0 Å². The number of amides is 3. The lowest BCUT2D eigenvalue weighted by Gasteiger charge is -2.17. The number of benzene rings is 2. The monoisotopic (exact) mass is 286 g/mol. The van der Waals surface area contributed by atoms with Crippen LogP contribution in [0.25, 0.3) is 0 Å². The molecule has 0 atom stereocenters. The Morgan fingerprint density at radius 1 is 0.850 bits per heavy atom. The van der Waals surface area contributed by atoms with E-state index in [1.165, 1.54) is 9.80 Å². The van der Waals surface area contributed by atoms with Gasteiger partial charge < -0.3 is 0 Å². The van der Waals surface area contributed by atoms with Crippen molar-refractivity contribution in [2.75, 3.05) is 16.3 Å². The standard InChI is InChI=1S/C15H11ClN2O2/c16-11-6-8-12(9-7-11)17-10-14(19)18(15(17)20)13-4-2-1-3-5-13/h1-9H,10H2. The molecule has 100 valence electrons. The average Bonchev–Trinajstić information content (AvgIpc) is 2.76. The van der Waals surface area contributed by atoms with Crippen LogP contribution in [0.2, 0.25) is 5.02 Å². The molecule has 0 unspecified atom stereocenters. The summed E-state index contributed by atoms with van der Waals surface area (Å²) in [5.41, 5.74) is 1.24. The lowest BCUT2D eigenvalue weighted by atomic mass is 10.3. The summed E-state index contributed by atoms with van der Waals surface area (Å²) in [4.78, 5) is 27.1. The first-order valence-corrected chi connectivity index (χ1v) is 6.50. The smallest absolute Gasteiger partial charge is 0.284 e. The van der Waals surface area contributed by atoms with Crippen LogP contribution in [0, 0.1) is 0 Å². The molecule has 0 N–H and O–H groups in total. The molecule has 0 aliphatic carbocycles. The average molecular weight is 287 g/mol. The molecule has 1 aliphatic heterocycles. The van der Waals surface area contributed by atoms with Crippen LogP contribution in [0.5, 0.6) is 0 Å². The number of anilines is 2. The molecule has 2 aromatic carbocycles. The molecule has 3 rings (SSSR count). The summed E-state index contributed by atoms with van der Waals surface area (Å²) in [6.45, 7) is 0.0371. The first-order chi connectivity index (χ1) is 9.66. The summed E-state index contributed by atoms with van der Waals surface area (Å²) in [5, 5.41) is 0.589. The van der Waals surface area contributed by atoms with Crippen LogP contribution in [-0.4, -0.2) is 18.5 Å². The molecule has 1 fully saturated rings. The van der Waals surface area contributed by atoms with Crippen molar-refractivity contribution in [3.63, 3.8) is 0 Å². The predicted octanol–water partition coefficient (Wildman–Crippen LogP) is 3.31. The number of rotatable bonds is 2. The number of imide groups is 1. The molecule has 5 heteroatoms. The molecule has 3 amide bonds. The van der Waals surface area contributed by atoms with E-state index in [9.17, 15) is 9.59 Å². The first kappa shape index (κ1) is 12.7. The molecule has 1 heterocycles. The Hall–Kier alpha value is -2.33. The van der Waals surface area contributed by atoms with Crippen molar-refractivity contribution < 1.29 is 9.59 Å². The normalized spacial score (nSPS) is 15.1. The van der Waals surface area contributed by atoms with Crippen LogP contribution in [0.4, 0.5) is 16.2 Å². The number of carbonyl (C=O) groups excluding carboxylic acids is 2. The highest BCUT2D eigenvalue weighted by Crippen LogP contribution is 2.26. The second-order valence-corrected chi connectivity index (χ2v) is 4.85. The summed E-state index contributed by atoms with van der Waals surface area (Å²) in [6.07, 6.45) is 0. The zero-order valence-electron chi connectivity index (χ0n) is 10.5. The summed E-state index contributed by atoms with van der Waals surface area (Å²) < 4.78 is 0. The van der Waals surface area contributed by atoms with E-state index in [0.29, 0.717) is 16.4 Å². The highest BCUT2D eigenvalue weighted by Gasteiger charge is 2.37. The quantitative estimate of drug-likeness (QED) is 0.795. The maximum atomic E-state index is 12.4. The molecule has 2 aromatic rings. The minimum atomic E-state index is -0.344. The number of hydrogen-bond donors (Lipinski definition) is 0. The van der Waals surface area contributed by atoms with Crippen LogP contribution in [0.15, 0.2) is 54.6 Å². The third-order valence-electron chi connectivity index (χ3n) is 3.12. The van der Waals surface area contributed by atoms with Gasteiger partial charge in [-0.25, -0.2) is 9.69 Å². The van der Waals surface area contributed by atoms with Gasteiger partial charge in [0.1, 0.15) is 6.54 Å². The fourth-order valence-corrected chi connectivity index (χ4v) is 2.28. The Kier molecular flexibility index (Phi) is 3.16. The molecule has 0 aromatic heterocycles.